The van der Waals surface area contributed by atoms with Crippen molar-refractivity contribution in [2.24, 2.45) is 0 Å². The van der Waals surface area contributed by atoms with Crippen LogP contribution in [0.2, 0.25) is 0 Å². The standard InChI is InChI=1S/C16H21N7O/c1-2-11-8-15(23-16(20-11)17-10-19-23)21-13-4-3-5-14-12(13)9-18-22(14)6-7-24/h8-10,13,21,24H,2-7H2,1H3/t13-/m0/s1. The van der Waals surface area contributed by atoms with E-state index in [2.05, 4.69) is 32.4 Å². The number of aromatic nitrogens is 6. The van der Waals surface area contributed by atoms with Crippen LogP contribution in [-0.2, 0) is 19.4 Å². The van der Waals surface area contributed by atoms with Gasteiger partial charge in [-0.15, -0.1) is 0 Å². The van der Waals surface area contributed by atoms with Crippen molar-refractivity contribution >= 4 is 11.6 Å². The van der Waals surface area contributed by atoms with Gasteiger partial charge in [-0.05, 0) is 25.7 Å². The average Bonchev–Trinajstić information content (AvgIpc) is 3.23. The van der Waals surface area contributed by atoms with Gasteiger partial charge in [0.05, 0.1) is 25.4 Å². The Kier molecular flexibility index (Phi) is 3.89. The molecular formula is C16H21N7O. The molecule has 1 aliphatic carbocycles. The minimum absolute atomic E-state index is 0.107. The lowest BCUT2D eigenvalue weighted by atomic mass is 9.93. The van der Waals surface area contributed by atoms with Crippen molar-refractivity contribution in [2.45, 2.75) is 45.2 Å². The molecule has 0 spiro atoms. The van der Waals surface area contributed by atoms with Crippen LogP contribution in [0.15, 0.2) is 18.6 Å². The molecule has 0 aliphatic heterocycles. The topological polar surface area (TPSA) is 93.2 Å². The van der Waals surface area contributed by atoms with Crippen LogP contribution < -0.4 is 5.32 Å². The second-order valence-electron chi connectivity index (χ2n) is 6.04. The Bertz CT molecular complexity index is 853. The first kappa shape index (κ1) is 15.1. The third-order valence-corrected chi connectivity index (χ3v) is 4.56. The zero-order chi connectivity index (χ0) is 16.5. The Balaban J connectivity index is 1.69. The average molecular weight is 327 g/mol. The maximum Gasteiger partial charge on any atom is 0.254 e. The molecule has 0 aromatic carbocycles. The van der Waals surface area contributed by atoms with Crippen LogP contribution in [0.4, 0.5) is 5.82 Å². The molecule has 1 aliphatic rings. The Hall–Kier alpha value is -2.48. The Morgan fingerprint density at radius 2 is 2.29 bits per heavy atom. The summed E-state index contributed by atoms with van der Waals surface area (Å²) in [5, 5.41) is 21.5. The SMILES string of the molecule is CCc1cc(N[C@H]2CCCc3c2cnn3CCO)n2ncnc2n1. The largest absolute Gasteiger partial charge is 0.394 e. The molecule has 0 unspecified atom stereocenters. The molecule has 126 valence electrons. The lowest BCUT2D eigenvalue weighted by Gasteiger charge is -2.25. The molecule has 0 amide bonds. The van der Waals surface area contributed by atoms with Gasteiger partial charge in [-0.2, -0.15) is 19.7 Å². The molecular weight excluding hydrogens is 306 g/mol. The first-order chi connectivity index (χ1) is 11.8. The van der Waals surface area contributed by atoms with Gasteiger partial charge in [-0.25, -0.2) is 4.98 Å². The second kappa shape index (κ2) is 6.20. The summed E-state index contributed by atoms with van der Waals surface area (Å²) >= 11 is 0. The fourth-order valence-corrected chi connectivity index (χ4v) is 3.38. The van der Waals surface area contributed by atoms with Gasteiger partial charge in [-0.3, -0.25) is 4.68 Å². The highest BCUT2D eigenvalue weighted by Gasteiger charge is 2.25. The van der Waals surface area contributed by atoms with Gasteiger partial charge < -0.3 is 10.4 Å². The quantitative estimate of drug-likeness (QED) is 0.735. The third-order valence-electron chi connectivity index (χ3n) is 4.56. The van der Waals surface area contributed by atoms with Gasteiger partial charge in [0, 0.05) is 23.0 Å². The van der Waals surface area contributed by atoms with Gasteiger partial charge in [0.1, 0.15) is 12.1 Å². The number of hydrogen-bond donors (Lipinski definition) is 2. The van der Waals surface area contributed by atoms with Crippen LogP contribution in [0.25, 0.3) is 5.78 Å². The number of aliphatic hydroxyl groups is 1. The number of nitrogens with one attached hydrogen (secondary N) is 1. The van der Waals surface area contributed by atoms with E-state index in [-0.39, 0.29) is 12.6 Å². The van der Waals surface area contributed by atoms with Gasteiger partial charge in [-0.1, -0.05) is 6.92 Å². The number of rotatable bonds is 5. The number of anilines is 1. The Labute approximate surface area is 139 Å². The predicted molar refractivity (Wildman–Crippen MR) is 88.8 cm³/mol. The molecule has 0 radical (unpaired) electrons. The van der Waals surface area contributed by atoms with E-state index in [1.54, 1.807) is 4.52 Å². The summed E-state index contributed by atoms with van der Waals surface area (Å²) in [5.74, 6) is 1.52. The van der Waals surface area contributed by atoms with E-state index < -0.39 is 0 Å². The lowest BCUT2D eigenvalue weighted by molar-refractivity contribution is 0.266. The van der Waals surface area contributed by atoms with E-state index in [9.17, 15) is 5.11 Å². The molecule has 0 saturated heterocycles. The van der Waals surface area contributed by atoms with Gasteiger partial charge >= 0.3 is 0 Å². The molecule has 2 N–H and O–H groups in total. The zero-order valence-corrected chi connectivity index (χ0v) is 13.7. The second-order valence-corrected chi connectivity index (χ2v) is 6.04. The van der Waals surface area contributed by atoms with Crippen molar-refractivity contribution < 1.29 is 5.11 Å². The highest BCUT2D eigenvalue weighted by molar-refractivity contribution is 5.47. The molecule has 3 heterocycles. The van der Waals surface area contributed by atoms with Gasteiger partial charge in [0.25, 0.3) is 5.78 Å². The van der Waals surface area contributed by atoms with E-state index in [1.165, 1.54) is 17.6 Å². The summed E-state index contributed by atoms with van der Waals surface area (Å²) in [6, 6.07) is 2.22. The van der Waals surface area contributed by atoms with Crippen LogP contribution in [0.3, 0.4) is 0 Å². The maximum absolute atomic E-state index is 9.19. The normalized spacial score (nSPS) is 17.2. The Morgan fingerprint density at radius 1 is 1.38 bits per heavy atom. The minimum Gasteiger partial charge on any atom is -0.394 e. The van der Waals surface area contributed by atoms with Crippen LogP contribution in [0.1, 0.15) is 42.8 Å². The summed E-state index contributed by atoms with van der Waals surface area (Å²) < 4.78 is 3.66. The fraction of sp³-hybridized carbons (Fsp3) is 0.500. The minimum atomic E-state index is 0.107. The third kappa shape index (κ3) is 2.52. The molecule has 8 nitrogen and oxygen atoms in total. The number of fused-ring (bicyclic) bond motifs is 2. The predicted octanol–water partition coefficient (Wildman–Crippen LogP) is 1.36. The Morgan fingerprint density at radius 3 is 3.12 bits per heavy atom. The number of hydrogen-bond acceptors (Lipinski definition) is 6. The number of aryl methyl sites for hydroxylation is 1. The van der Waals surface area contributed by atoms with Crippen LogP contribution in [-0.4, -0.2) is 41.1 Å². The van der Waals surface area contributed by atoms with Crippen LogP contribution in [0, 0.1) is 0 Å². The van der Waals surface area contributed by atoms with Crippen LogP contribution in [0.5, 0.6) is 0 Å². The molecule has 0 bridgehead atoms. The summed E-state index contributed by atoms with van der Waals surface area (Å²) in [6.45, 7) is 2.73. The van der Waals surface area contributed by atoms with Gasteiger partial charge in [0.2, 0.25) is 0 Å². The smallest absolute Gasteiger partial charge is 0.254 e. The van der Waals surface area contributed by atoms with E-state index in [0.29, 0.717) is 12.3 Å². The van der Waals surface area contributed by atoms with Crippen molar-refractivity contribution in [2.75, 3.05) is 11.9 Å². The highest BCUT2D eigenvalue weighted by Crippen LogP contribution is 2.32. The fourth-order valence-electron chi connectivity index (χ4n) is 3.38. The van der Waals surface area contributed by atoms with E-state index in [0.717, 1.165) is 37.2 Å². The van der Waals surface area contributed by atoms with Crippen molar-refractivity contribution in [1.82, 2.24) is 29.4 Å². The van der Waals surface area contributed by atoms with Crippen molar-refractivity contribution in [3.63, 3.8) is 0 Å². The summed E-state index contributed by atoms with van der Waals surface area (Å²) in [4.78, 5) is 8.70. The van der Waals surface area contributed by atoms with E-state index in [1.807, 2.05) is 16.9 Å². The van der Waals surface area contributed by atoms with E-state index >= 15 is 0 Å². The zero-order valence-electron chi connectivity index (χ0n) is 13.7. The summed E-state index contributed by atoms with van der Waals surface area (Å²) in [7, 11) is 0. The van der Waals surface area contributed by atoms with Crippen molar-refractivity contribution in [3.8, 4) is 0 Å². The lowest BCUT2D eigenvalue weighted by Crippen LogP contribution is -2.20. The molecule has 3 aromatic rings. The molecule has 3 aromatic heterocycles. The molecule has 0 fully saturated rings. The number of aliphatic hydroxyl groups excluding tert-OH is 1. The first-order valence-electron chi connectivity index (χ1n) is 8.41. The van der Waals surface area contributed by atoms with Crippen molar-refractivity contribution in [3.05, 3.63) is 35.5 Å². The van der Waals surface area contributed by atoms with E-state index in [4.69, 9.17) is 0 Å². The monoisotopic (exact) mass is 327 g/mol. The molecule has 0 saturated carbocycles. The summed E-state index contributed by atoms with van der Waals surface area (Å²) in [5.41, 5.74) is 3.41. The molecule has 1 atom stereocenters. The molecule has 8 heteroatoms. The highest BCUT2D eigenvalue weighted by atomic mass is 16.3. The first-order valence-corrected chi connectivity index (χ1v) is 8.41. The van der Waals surface area contributed by atoms with Crippen molar-refractivity contribution in [1.29, 1.82) is 0 Å². The summed E-state index contributed by atoms with van der Waals surface area (Å²) in [6.07, 6.45) is 7.43. The van der Waals surface area contributed by atoms with Crippen LogP contribution >= 0.6 is 0 Å². The maximum atomic E-state index is 9.19. The molecule has 24 heavy (non-hydrogen) atoms. The number of nitrogens with zero attached hydrogens (tertiary/aromatic N) is 6. The molecule has 4 rings (SSSR count). The van der Waals surface area contributed by atoms with Gasteiger partial charge in [0.15, 0.2) is 0 Å².